The van der Waals surface area contributed by atoms with E-state index in [-0.39, 0.29) is 55.9 Å². The predicted octanol–water partition coefficient (Wildman–Crippen LogP) is 6.38. The summed E-state index contributed by atoms with van der Waals surface area (Å²) in [4.78, 5) is 79.4. The zero-order valence-electron chi connectivity index (χ0n) is 22.8. The molecule has 0 bridgehead atoms. The standard InChI is InChI=1S/C29H15Br4NO11/c1-10(35)41-25-17(30)8-15-23(21(25)32)43-24-16(9-18(31)26(22(24)33)42-11(2)36)29(15)14-4-3-12(7-13(14)28(40)44-29)27(39)45-34-19(37)5-6-20(34)38/h3-4,7-9H,5-6H2,1-2H3. The van der Waals surface area contributed by atoms with Gasteiger partial charge in [0, 0.05) is 32.3 Å². The van der Waals surface area contributed by atoms with Crippen LogP contribution in [0, 0.1) is 0 Å². The Morgan fingerprint density at radius 3 is 1.78 bits per heavy atom. The summed E-state index contributed by atoms with van der Waals surface area (Å²) < 4.78 is 24.3. The molecule has 0 aromatic heterocycles. The van der Waals surface area contributed by atoms with Crippen LogP contribution in [0.5, 0.6) is 23.0 Å². The van der Waals surface area contributed by atoms with E-state index in [0.717, 1.165) is 0 Å². The third-order valence-electron chi connectivity index (χ3n) is 7.00. The maximum Gasteiger partial charge on any atom is 0.363 e. The zero-order valence-corrected chi connectivity index (χ0v) is 29.1. The number of imide groups is 1. The van der Waals surface area contributed by atoms with Crippen LogP contribution < -0.4 is 14.2 Å². The highest BCUT2D eigenvalue weighted by Gasteiger charge is 2.55. The first-order chi connectivity index (χ1) is 21.2. The first-order valence-electron chi connectivity index (χ1n) is 12.8. The molecule has 1 spiro atoms. The first kappa shape index (κ1) is 31.4. The zero-order chi connectivity index (χ0) is 32.5. The largest absolute Gasteiger partial charge is 0.454 e. The lowest BCUT2D eigenvalue weighted by Crippen LogP contribution is -2.34. The molecule has 2 amide bonds. The fraction of sp³-hybridized carbons (Fsp3) is 0.172. The highest BCUT2D eigenvalue weighted by molar-refractivity contribution is 9.11. The van der Waals surface area contributed by atoms with E-state index in [4.69, 9.17) is 23.8 Å². The van der Waals surface area contributed by atoms with Crippen molar-refractivity contribution in [2.24, 2.45) is 0 Å². The lowest BCUT2D eigenvalue weighted by Gasteiger charge is -2.38. The number of hydroxylamine groups is 2. The highest BCUT2D eigenvalue weighted by atomic mass is 79.9. The number of carbonyl (C=O) groups excluding carboxylic acids is 6. The van der Waals surface area contributed by atoms with E-state index < -0.39 is 41.3 Å². The van der Waals surface area contributed by atoms with Crippen LogP contribution in [0.4, 0.5) is 0 Å². The smallest absolute Gasteiger partial charge is 0.363 e. The third kappa shape index (κ3) is 4.98. The van der Waals surface area contributed by atoms with Gasteiger partial charge in [-0.2, -0.15) is 0 Å². The molecule has 1 saturated heterocycles. The van der Waals surface area contributed by atoms with Gasteiger partial charge in [0.1, 0.15) is 8.95 Å². The summed E-state index contributed by atoms with van der Waals surface area (Å²) in [7, 11) is 0. The number of ether oxygens (including phenoxy) is 4. The SMILES string of the molecule is CC(=O)Oc1c(Br)cc2c(c1Br)Oc1c(cc(Br)c(OC(C)=O)c1Br)C21OC(=O)c2cc(C(=O)ON3C(=O)CCC3=O)ccc21. The normalized spacial score (nSPS) is 15.6. The molecule has 3 aliphatic heterocycles. The summed E-state index contributed by atoms with van der Waals surface area (Å²) in [6, 6.07) is 7.21. The van der Waals surface area contributed by atoms with Gasteiger partial charge in [-0.15, -0.1) is 5.06 Å². The van der Waals surface area contributed by atoms with Crippen molar-refractivity contribution in [3.63, 3.8) is 0 Å². The molecule has 230 valence electrons. The van der Waals surface area contributed by atoms with Gasteiger partial charge in [0.15, 0.2) is 28.6 Å². The van der Waals surface area contributed by atoms with Gasteiger partial charge in [-0.3, -0.25) is 19.2 Å². The van der Waals surface area contributed by atoms with Crippen LogP contribution >= 0.6 is 63.7 Å². The van der Waals surface area contributed by atoms with E-state index in [1.807, 2.05) is 0 Å². The Bertz CT molecular complexity index is 1850. The van der Waals surface area contributed by atoms with Crippen LogP contribution in [0.15, 0.2) is 48.2 Å². The Labute approximate surface area is 286 Å². The minimum absolute atomic E-state index is 0.0186. The van der Waals surface area contributed by atoms with E-state index in [2.05, 4.69) is 63.7 Å². The van der Waals surface area contributed by atoms with Crippen molar-refractivity contribution in [2.75, 3.05) is 0 Å². The fourth-order valence-corrected chi connectivity index (χ4v) is 7.93. The third-order valence-corrected chi connectivity index (χ3v) is 9.62. The molecule has 1 fully saturated rings. The van der Waals surface area contributed by atoms with Gasteiger partial charge in [-0.25, -0.2) is 9.59 Å². The van der Waals surface area contributed by atoms with Crippen LogP contribution in [0.25, 0.3) is 0 Å². The van der Waals surface area contributed by atoms with E-state index in [0.29, 0.717) is 30.7 Å². The van der Waals surface area contributed by atoms with Gasteiger partial charge in [-0.05, 0) is 88.0 Å². The number of hydrogen-bond acceptors (Lipinski definition) is 11. The van der Waals surface area contributed by atoms with Crippen LogP contribution in [0.3, 0.4) is 0 Å². The van der Waals surface area contributed by atoms with Crippen molar-refractivity contribution in [1.82, 2.24) is 5.06 Å². The number of rotatable bonds is 4. The number of esters is 3. The second-order valence-electron chi connectivity index (χ2n) is 9.84. The molecular formula is C29H15Br4NO11. The van der Waals surface area contributed by atoms with Crippen LogP contribution in [0.1, 0.15) is 64.1 Å². The van der Waals surface area contributed by atoms with Gasteiger partial charge in [0.25, 0.3) is 11.8 Å². The van der Waals surface area contributed by atoms with Gasteiger partial charge >= 0.3 is 23.9 Å². The summed E-state index contributed by atoms with van der Waals surface area (Å²) in [5, 5.41) is 0.409. The molecule has 0 aliphatic carbocycles. The molecule has 0 N–H and O–H groups in total. The Morgan fingerprint density at radius 2 is 1.29 bits per heavy atom. The lowest BCUT2D eigenvalue weighted by molar-refractivity contribution is -0.172. The molecule has 0 radical (unpaired) electrons. The lowest BCUT2D eigenvalue weighted by atomic mass is 9.77. The van der Waals surface area contributed by atoms with Crippen molar-refractivity contribution >= 4 is 99.4 Å². The minimum atomic E-state index is -1.71. The van der Waals surface area contributed by atoms with Gasteiger partial charge < -0.3 is 23.8 Å². The molecule has 3 aromatic rings. The Balaban J connectivity index is 1.58. The van der Waals surface area contributed by atoms with Gasteiger partial charge in [-0.1, -0.05) is 6.07 Å². The van der Waals surface area contributed by atoms with Crippen molar-refractivity contribution in [2.45, 2.75) is 32.3 Å². The van der Waals surface area contributed by atoms with E-state index >= 15 is 0 Å². The average Bonchev–Trinajstić information content (AvgIpc) is 3.45. The number of nitrogens with zero attached hydrogens (tertiary/aromatic N) is 1. The summed E-state index contributed by atoms with van der Waals surface area (Å²) in [5.74, 6) is -4.01. The molecule has 0 saturated carbocycles. The van der Waals surface area contributed by atoms with Crippen LogP contribution in [-0.2, 0) is 34.4 Å². The molecule has 0 unspecified atom stereocenters. The molecule has 16 heteroatoms. The number of carbonyl (C=O) groups is 6. The molecular weight excluding hydrogens is 858 g/mol. The maximum atomic E-state index is 13.6. The van der Waals surface area contributed by atoms with Crippen molar-refractivity contribution in [3.05, 3.63) is 76.0 Å². The summed E-state index contributed by atoms with van der Waals surface area (Å²) in [6.07, 6.45) is -0.165. The maximum absolute atomic E-state index is 13.6. The summed E-state index contributed by atoms with van der Waals surface area (Å²) in [5.41, 5.74) is -0.948. The highest BCUT2D eigenvalue weighted by Crippen LogP contribution is 2.62. The van der Waals surface area contributed by atoms with E-state index in [9.17, 15) is 28.8 Å². The second-order valence-corrected chi connectivity index (χ2v) is 13.1. The quantitative estimate of drug-likeness (QED) is 0.163. The van der Waals surface area contributed by atoms with Crippen molar-refractivity contribution < 1.29 is 52.6 Å². The fourth-order valence-electron chi connectivity index (χ4n) is 5.20. The number of benzene rings is 3. The number of hydrogen-bond donors (Lipinski definition) is 0. The van der Waals surface area contributed by atoms with Gasteiger partial charge in [0.05, 0.1) is 31.2 Å². The molecule has 3 aromatic carbocycles. The minimum Gasteiger partial charge on any atom is -0.454 e. The number of fused-ring (bicyclic) bond motifs is 6. The second kappa shape index (κ2) is 11.3. The Morgan fingerprint density at radius 1 is 0.778 bits per heavy atom. The van der Waals surface area contributed by atoms with Crippen molar-refractivity contribution in [3.8, 4) is 23.0 Å². The number of amides is 2. The molecule has 6 rings (SSSR count). The average molecular weight is 873 g/mol. The first-order valence-corrected chi connectivity index (χ1v) is 16.0. The van der Waals surface area contributed by atoms with E-state index in [1.165, 1.54) is 32.0 Å². The number of halogens is 4. The molecule has 0 atom stereocenters. The molecule has 3 heterocycles. The Hall–Kier alpha value is -3.60. The predicted molar refractivity (Wildman–Crippen MR) is 165 cm³/mol. The molecule has 45 heavy (non-hydrogen) atoms. The summed E-state index contributed by atoms with van der Waals surface area (Å²) in [6.45, 7) is 2.45. The summed E-state index contributed by atoms with van der Waals surface area (Å²) >= 11 is 13.8. The monoisotopic (exact) mass is 869 g/mol. The van der Waals surface area contributed by atoms with Crippen LogP contribution in [0.2, 0.25) is 0 Å². The molecule has 3 aliphatic rings. The Kier molecular flexibility index (Phi) is 7.90. The van der Waals surface area contributed by atoms with Gasteiger partial charge in [0.2, 0.25) is 0 Å². The van der Waals surface area contributed by atoms with Crippen LogP contribution in [-0.4, -0.2) is 40.8 Å². The van der Waals surface area contributed by atoms with Crippen molar-refractivity contribution in [1.29, 1.82) is 0 Å². The molecule has 12 nitrogen and oxygen atoms in total. The van der Waals surface area contributed by atoms with E-state index in [1.54, 1.807) is 12.1 Å². The topological polar surface area (TPSA) is 152 Å².